The lowest BCUT2D eigenvalue weighted by molar-refractivity contribution is 0.0626. The van der Waals surface area contributed by atoms with E-state index in [1.54, 1.807) is 23.8 Å². The van der Waals surface area contributed by atoms with Crippen molar-refractivity contribution in [1.82, 2.24) is 24.6 Å². The summed E-state index contributed by atoms with van der Waals surface area (Å²) >= 11 is 1.60. The van der Waals surface area contributed by atoms with Gasteiger partial charge in [-0.05, 0) is 37.6 Å². The molecule has 170 valence electrons. The molecule has 0 radical (unpaired) electrons. The zero-order valence-electron chi connectivity index (χ0n) is 18.9. The third-order valence-electron chi connectivity index (χ3n) is 6.04. The van der Waals surface area contributed by atoms with Crippen molar-refractivity contribution in [3.63, 3.8) is 0 Å². The Morgan fingerprint density at radius 2 is 1.91 bits per heavy atom. The molecular weight excluding hydrogens is 434 g/mol. The van der Waals surface area contributed by atoms with Gasteiger partial charge in [-0.2, -0.15) is 5.10 Å². The number of hydrogen-bond donors (Lipinski definition) is 0. The first-order chi connectivity index (χ1) is 16.1. The number of thiazole rings is 1. The van der Waals surface area contributed by atoms with Gasteiger partial charge in [0.05, 0.1) is 35.1 Å². The van der Waals surface area contributed by atoms with E-state index in [0.29, 0.717) is 18.7 Å². The summed E-state index contributed by atoms with van der Waals surface area (Å²) in [5.41, 5.74) is 4.89. The Labute approximate surface area is 197 Å². The third-order valence-corrected chi connectivity index (χ3v) is 6.95. The molecule has 1 fully saturated rings. The van der Waals surface area contributed by atoms with E-state index < -0.39 is 0 Å². The second-order valence-electron chi connectivity index (χ2n) is 8.30. The first-order valence-electron chi connectivity index (χ1n) is 11.3. The largest absolute Gasteiger partial charge is 0.462 e. The SMILES string of the molecule is CCc1c(C(=O)N2CCN(Cc3csc(-c4ccco4)n3)CC2)cnn1-c1ccc(C)cc1. The topological polar surface area (TPSA) is 67.4 Å². The maximum absolute atomic E-state index is 13.3. The summed E-state index contributed by atoms with van der Waals surface area (Å²) in [4.78, 5) is 22.3. The van der Waals surface area contributed by atoms with Gasteiger partial charge in [0.25, 0.3) is 5.91 Å². The van der Waals surface area contributed by atoms with Crippen LogP contribution in [0, 0.1) is 6.92 Å². The van der Waals surface area contributed by atoms with E-state index in [0.717, 1.165) is 53.9 Å². The van der Waals surface area contributed by atoms with Crippen LogP contribution < -0.4 is 0 Å². The number of benzene rings is 1. The molecule has 1 aliphatic rings. The zero-order chi connectivity index (χ0) is 22.8. The van der Waals surface area contributed by atoms with E-state index >= 15 is 0 Å². The minimum atomic E-state index is 0.0682. The summed E-state index contributed by atoms with van der Waals surface area (Å²) in [7, 11) is 0. The van der Waals surface area contributed by atoms with Crippen molar-refractivity contribution in [2.75, 3.05) is 26.2 Å². The van der Waals surface area contributed by atoms with Crippen molar-refractivity contribution in [2.24, 2.45) is 0 Å². The van der Waals surface area contributed by atoms with Crippen LogP contribution in [0.5, 0.6) is 0 Å². The van der Waals surface area contributed by atoms with Crippen LogP contribution in [0.3, 0.4) is 0 Å². The summed E-state index contributed by atoms with van der Waals surface area (Å²) in [5.74, 6) is 0.873. The van der Waals surface area contributed by atoms with E-state index in [2.05, 4.69) is 41.4 Å². The average molecular weight is 462 g/mol. The Balaban J connectivity index is 1.22. The highest BCUT2D eigenvalue weighted by Crippen LogP contribution is 2.25. The minimum absolute atomic E-state index is 0.0682. The van der Waals surface area contributed by atoms with Gasteiger partial charge in [-0.1, -0.05) is 24.6 Å². The number of carbonyl (C=O) groups is 1. The first kappa shape index (κ1) is 21.6. The fraction of sp³-hybridized carbons (Fsp3) is 0.320. The van der Waals surface area contributed by atoms with Crippen LogP contribution in [-0.4, -0.2) is 56.7 Å². The molecule has 1 aromatic carbocycles. The Morgan fingerprint density at radius 3 is 2.61 bits per heavy atom. The van der Waals surface area contributed by atoms with E-state index in [4.69, 9.17) is 9.40 Å². The predicted octanol–water partition coefficient (Wildman–Crippen LogP) is 4.42. The zero-order valence-corrected chi connectivity index (χ0v) is 19.7. The molecule has 0 N–H and O–H groups in total. The maximum Gasteiger partial charge on any atom is 0.257 e. The molecule has 0 saturated carbocycles. The number of aromatic nitrogens is 3. The molecule has 0 spiro atoms. The predicted molar refractivity (Wildman–Crippen MR) is 129 cm³/mol. The van der Waals surface area contributed by atoms with Gasteiger partial charge in [0, 0.05) is 38.1 Å². The van der Waals surface area contributed by atoms with Gasteiger partial charge in [-0.3, -0.25) is 9.69 Å². The molecule has 1 saturated heterocycles. The molecule has 3 aromatic heterocycles. The maximum atomic E-state index is 13.3. The Bertz CT molecular complexity index is 1220. The number of piperazine rings is 1. The van der Waals surface area contributed by atoms with Crippen LogP contribution >= 0.6 is 11.3 Å². The van der Waals surface area contributed by atoms with E-state index in [9.17, 15) is 4.79 Å². The molecule has 8 heteroatoms. The first-order valence-corrected chi connectivity index (χ1v) is 12.1. The quantitative estimate of drug-likeness (QED) is 0.425. The molecule has 1 amide bonds. The van der Waals surface area contributed by atoms with Gasteiger partial charge >= 0.3 is 0 Å². The summed E-state index contributed by atoms with van der Waals surface area (Å²) in [5, 5.41) is 7.53. The van der Waals surface area contributed by atoms with Crippen molar-refractivity contribution in [3.05, 3.63) is 76.8 Å². The smallest absolute Gasteiger partial charge is 0.257 e. The molecule has 33 heavy (non-hydrogen) atoms. The van der Waals surface area contributed by atoms with Crippen LogP contribution in [0.1, 0.15) is 34.2 Å². The van der Waals surface area contributed by atoms with Crippen LogP contribution in [-0.2, 0) is 13.0 Å². The number of rotatable bonds is 6. The van der Waals surface area contributed by atoms with Gasteiger partial charge in [-0.15, -0.1) is 11.3 Å². The molecule has 7 nitrogen and oxygen atoms in total. The Hall–Kier alpha value is -3.23. The number of hydrogen-bond acceptors (Lipinski definition) is 6. The average Bonchev–Trinajstić information content (AvgIpc) is 3.60. The van der Waals surface area contributed by atoms with Crippen LogP contribution in [0.15, 0.2) is 58.7 Å². The Morgan fingerprint density at radius 1 is 1.12 bits per heavy atom. The number of furan rings is 1. The molecule has 0 unspecified atom stereocenters. The number of carbonyl (C=O) groups excluding carboxylic acids is 1. The number of amides is 1. The van der Waals surface area contributed by atoms with E-state index in [1.807, 2.05) is 33.8 Å². The highest BCUT2D eigenvalue weighted by Gasteiger charge is 2.26. The third kappa shape index (κ3) is 4.49. The number of nitrogens with zero attached hydrogens (tertiary/aromatic N) is 5. The Kier molecular flexibility index (Phi) is 6.11. The van der Waals surface area contributed by atoms with Gasteiger partial charge in [0.2, 0.25) is 0 Å². The summed E-state index contributed by atoms with van der Waals surface area (Å²) in [6.45, 7) is 7.97. The molecule has 0 atom stereocenters. The van der Waals surface area contributed by atoms with Crippen LogP contribution in [0.25, 0.3) is 16.5 Å². The lowest BCUT2D eigenvalue weighted by Gasteiger charge is -2.34. The summed E-state index contributed by atoms with van der Waals surface area (Å²) in [6, 6.07) is 12.0. The minimum Gasteiger partial charge on any atom is -0.462 e. The summed E-state index contributed by atoms with van der Waals surface area (Å²) < 4.78 is 7.33. The fourth-order valence-corrected chi connectivity index (χ4v) is 4.98. The van der Waals surface area contributed by atoms with Gasteiger partial charge in [0.1, 0.15) is 0 Å². The highest BCUT2D eigenvalue weighted by atomic mass is 32.1. The second-order valence-corrected chi connectivity index (χ2v) is 9.15. The lowest BCUT2D eigenvalue weighted by atomic mass is 10.1. The van der Waals surface area contributed by atoms with Crippen molar-refractivity contribution < 1.29 is 9.21 Å². The van der Waals surface area contributed by atoms with E-state index in [-0.39, 0.29) is 5.91 Å². The van der Waals surface area contributed by atoms with Crippen LogP contribution in [0.4, 0.5) is 0 Å². The molecule has 0 aliphatic carbocycles. The normalized spacial score (nSPS) is 14.7. The standard InChI is InChI=1S/C25H27N5O2S/c1-3-22-21(15-26-30(22)20-8-6-18(2)7-9-20)25(31)29-12-10-28(11-13-29)16-19-17-33-24(27-19)23-5-4-14-32-23/h4-9,14-15,17H,3,10-13,16H2,1-2H3. The molecule has 4 aromatic rings. The lowest BCUT2D eigenvalue weighted by Crippen LogP contribution is -2.48. The van der Waals surface area contributed by atoms with Gasteiger partial charge in [0.15, 0.2) is 10.8 Å². The molecular formula is C25H27N5O2S. The van der Waals surface area contributed by atoms with Gasteiger partial charge in [-0.25, -0.2) is 9.67 Å². The highest BCUT2D eigenvalue weighted by molar-refractivity contribution is 7.13. The van der Waals surface area contributed by atoms with Crippen molar-refractivity contribution in [3.8, 4) is 16.5 Å². The van der Waals surface area contributed by atoms with Gasteiger partial charge < -0.3 is 9.32 Å². The molecule has 4 heterocycles. The second kappa shape index (κ2) is 9.33. The fourth-order valence-electron chi connectivity index (χ4n) is 4.20. The monoisotopic (exact) mass is 461 g/mol. The summed E-state index contributed by atoms with van der Waals surface area (Å²) in [6.07, 6.45) is 4.14. The molecule has 1 aliphatic heterocycles. The van der Waals surface area contributed by atoms with Crippen molar-refractivity contribution in [1.29, 1.82) is 0 Å². The van der Waals surface area contributed by atoms with Crippen molar-refractivity contribution in [2.45, 2.75) is 26.8 Å². The molecule has 5 rings (SSSR count). The van der Waals surface area contributed by atoms with Crippen molar-refractivity contribution >= 4 is 17.2 Å². The molecule has 0 bridgehead atoms. The number of aryl methyl sites for hydroxylation is 1. The van der Waals surface area contributed by atoms with E-state index in [1.165, 1.54) is 5.56 Å². The van der Waals surface area contributed by atoms with Crippen LogP contribution in [0.2, 0.25) is 0 Å².